The van der Waals surface area contributed by atoms with Crippen molar-refractivity contribution in [3.63, 3.8) is 0 Å². The van der Waals surface area contributed by atoms with E-state index >= 15 is 0 Å². The number of esters is 1. The molecule has 0 bridgehead atoms. The summed E-state index contributed by atoms with van der Waals surface area (Å²) in [4.78, 5) is 36.9. The van der Waals surface area contributed by atoms with E-state index in [1.54, 1.807) is 13.8 Å². The normalized spacial score (nSPS) is 13.8. The molecule has 51 heavy (non-hydrogen) atoms. The largest absolute Gasteiger partial charge is 0.481 e. The lowest BCUT2D eigenvalue weighted by Crippen LogP contribution is -2.43. The number of carboxylic acid groups (broad SMARTS) is 1. The Morgan fingerprint density at radius 1 is 0.725 bits per heavy atom. The third kappa shape index (κ3) is 12.4. The first-order valence-corrected chi connectivity index (χ1v) is 17.8. The van der Waals surface area contributed by atoms with Crippen LogP contribution in [0.1, 0.15) is 64.2 Å². The fourth-order valence-corrected chi connectivity index (χ4v) is 6.36. The molecule has 4 N–H and O–H groups in total. The number of ether oxygens (including phenoxy) is 2. The van der Waals surface area contributed by atoms with Gasteiger partial charge in [-0.2, -0.15) is 0 Å². The number of benzene rings is 4. The molecule has 0 saturated heterocycles. The monoisotopic (exact) mass is 692 g/mol. The zero-order valence-electron chi connectivity index (χ0n) is 30.4. The van der Waals surface area contributed by atoms with Gasteiger partial charge in [0.05, 0.1) is 18.4 Å². The predicted octanol–water partition coefficient (Wildman–Crippen LogP) is 8.25. The smallest absolute Gasteiger partial charge is 0.407 e. The van der Waals surface area contributed by atoms with E-state index < -0.39 is 29.6 Å². The zero-order chi connectivity index (χ0) is 37.0. The van der Waals surface area contributed by atoms with E-state index in [2.05, 4.69) is 47.8 Å². The summed E-state index contributed by atoms with van der Waals surface area (Å²) in [7, 11) is 0. The SMILES string of the molecule is CCOC(=O)[C@H](C)CC(N)Cc1ccc(-c2cccc(CC(C)(C)OC(=O)NC(Cc3ccc(-c4ccccc4)cc3)C[C@@H](C)C(=O)O)c2)cc1. The van der Waals surface area contributed by atoms with Crippen LogP contribution in [0.2, 0.25) is 0 Å². The summed E-state index contributed by atoms with van der Waals surface area (Å²) in [5.41, 5.74) is 12.9. The second kappa shape index (κ2) is 18.3. The van der Waals surface area contributed by atoms with Gasteiger partial charge in [-0.05, 0) is 85.4 Å². The van der Waals surface area contributed by atoms with Gasteiger partial charge in [0.15, 0.2) is 0 Å². The highest BCUT2D eigenvalue weighted by atomic mass is 16.6. The first kappa shape index (κ1) is 38.8. The van der Waals surface area contributed by atoms with Gasteiger partial charge in [-0.25, -0.2) is 4.79 Å². The Labute approximate surface area is 302 Å². The summed E-state index contributed by atoms with van der Waals surface area (Å²) in [5, 5.41) is 12.6. The summed E-state index contributed by atoms with van der Waals surface area (Å²) >= 11 is 0. The molecule has 0 fully saturated rings. The van der Waals surface area contributed by atoms with E-state index in [0.29, 0.717) is 32.3 Å². The number of nitrogens with two attached hydrogens (primary N) is 1. The molecule has 0 saturated carbocycles. The number of carbonyl (C=O) groups excluding carboxylic acids is 2. The highest BCUT2D eigenvalue weighted by molar-refractivity contribution is 5.72. The zero-order valence-corrected chi connectivity index (χ0v) is 30.4. The highest BCUT2D eigenvalue weighted by Gasteiger charge is 2.27. The standard InChI is InChI=1S/C43H52N2O6/c1-6-50-41(48)30(3)23-38(44)26-31-15-21-36(22-16-31)37-14-10-11-33(25-37)28-43(4,5)51-42(49)45-39(24-29(2)40(46)47)27-32-17-19-35(20-18-32)34-12-8-7-9-13-34/h7-22,25,29-30,38-39H,6,23-24,26-28,44H2,1-5H3,(H,45,49)(H,46,47)/t29-,30-,38?,39?/m1/s1. The molecule has 2 unspecified atom stereocenters. The lowest BCUT2D eigenvalue weighted by molar-refractivity contribution is -0.147. The number of carboxylic acids is 1. The maximum Gasteiger partial charge on any atom is 0.407 e. The van der Waals surface area contributed by atoms with Crippen LogP contribution in [0, 0.1) is 11.8 Å². The molecule has 0 aliphatic carbocycles. The Kier molecular flexibility index (Phi) is 14.0. The summed E-state index contributed by atoms with van der Waals surface area (Å²) < 4.78 is 11.1. The van der Waals surface area contributed by atoms with E-state index in [-0.39, 0.29) is 24.3 Å². The molecule has 0 spiro atoms. The van der Waals surface area contributed by atoms with Crippen LogP contribution in [0.3, 0.4) is 0 Å². The molecular weight excluding hydrogens is 640 g/mol. The van der Waals surface area contributed by atoms with Gasteiger partial charge in [0.1, 0.15) is 5.60 Å². The minimum atomic E-state index is -0.909. The minimum Gasteiger partial charge on any atom is -0.481 e. The van der Waals surface area contributed by atoms with Crippen molar-refractivity contribution in [1.29, 1.82) is 0 Å². The molecule has 8 heteroatoms. The highest BCUT2D eigenvalue weighted by Crippen LogP contribution is 2.26. The van der Waals surface area contributed by atoms with Crippen LogP contribution in [0.4, 0.5) is 4.79 Å². The second-order valence-corrected chi connectivity index (χ2v) is 14.2. The Morgan fingerprint density at radius 3 is 1.90 bits per heavy atom. The molecule has 4 atom stereocenters. The molecule has 4 rings (SSSR count). The molecule has 0 aliphatic heterocycles. The number of alkyl carbamates (subject to hydrolysis) is 1. The number of nitrogens with one attached hydrogen (secondary N) is 1. The Balaban J connectivity index is 1.36. The predicted molar refractivity (Wildman–Crippen MR) is 202 cm³/mol. The van der Waals surface area contributed by atoms with Crippen molar-refractivity contribution in [2.75, 3.05) is 6.61 Å². The van der Waals surface area contributed by atoms with Crippen molar-refractivity contribution in [3.8, 4) is 22.3 Å². The van der Waals surface area contributed by atoms with E-state index in [0.717, 1.165) is 38.9 Å². The van der Waals surface area contributed by atoms with Gasteiger partial charge in [0.25, 0.3) is 0 Å². The molecule has 8 nitrogen and oxygen atoms in total. The maximum absolute atomic E-state index is 13.2. The molecule has 4 aromatic carbocycles. The summed E-state index contributed by atoms with van der Waals surface area (Å²) in [6.45, 7) is 9.40. The van der Waals surface area contributed by atoms with Gasteiger partial charge < -0.3 is 25.6 Å². The lowest BCUT2D eigenvalue weighted by atomic mass is 9.93. The van der Waals surface area contributed by atoms with Gasteiger partial charge in [-0.15, -0.1) is 0 Å². The van der Waals surface area contributed by atoms with Crippen molar-refractivity contribution < 1.29 is 29.0 Å². The lowest BCUT2D eigenvalue weighted by Gasteiger charge is -2.28. The van der Waals surface area contributed by atoms with Crippen molar-refractivity contribution in [1.82, 2.24) is 5.32 Å². The molecule has 0 radical (unpaired) electrons. The Morgan fingerprint density at radius 2 is 1.29 bits per heavy atom. The Bertz CT molecular complexity index is 1720. The van der Waals surface area contributed by atoms with Crippen molar-refractivity contribution in [3.05, 3.63) is 120 Å². The van der Waals surface area contributed by atoms with Crippen LogP contribution >= 0.6 is 0 Å². The molecule has 270 valence electrons. The number of hydrogen-bond acceptors (Lipinski definition) is 6. The topological polar surface area (TPSA) is 128 Å². The average Bonchev–Trinajstić information content (AvgIpc) is 3.08. The van der Waals surface area contributed by atoms with Crippen molar-refractivity contribution >= 4 is 18.0 Å². The van der Waals surface area contributed by atoms with Crippen LogP contribution < -0.4 is 11.1 Å². The van der Waals surface area contributed by atoms with Gasteiger partial charge in [0, 0.05) is 18.5 Å². The second-order valence-electron chi connectivity index (χ2n) is 14.2. The van der Waals surface area contributed by atoms with E-state index in [1.165, 1.54) is 0 Å². The number of amides is 1. The van der Waals surface area contributed by atoms with Crippen molar-refractivity contribution in [2.24, 2.45) is 17.6 Å². The Hall–Kier alpha value is -4.95. The average molecular weight is 693 g/mol. The van der Waals surface area contributed by atoms with Crippen LogP contribution in [0.15, 0.2) is 103 Å². The number of rotatable bonds is 17. The molecule has 1 amide bonds. The van der Waals surface area contributed by atoms with Gasteiger partial charge >= 0.3 is 18.0 Å². The van der Waals surface area contributed by atoms with Crippen LogP contribution in [-0.4, -0.2) is 47.4 Å². The molecule has 0 aliphatic rings. The molecule has 0 heterocycles. The van der Waals surface area contributed by atoms with E-state index in [9.17, 15) is 19.5 Å². The van der Waals surface area contributed by atoms with Gasteiger partial charge in [0.2, 0.25) is 0 Å². The third-order valence-corrected chi connectivity index (χ3v) is 8.98. The van der Waals surface area contributed by atoms with E-state index in [4.69, 9.17) is 15.2 Å². The summed E-state index contributed by atoms with van der Waals surface area (Å²) in [6.07, 6.45) is 1.87. The fraction of sp³-hybridized carbons (Fsp3) is 0.372. The number of carbonyl (C=O) groups is 3. The third-order valence-electron chi connectivity index (χ3n) is 8.98. The van der Waals surface area contributed by atoms with Crippen LogP contribution in [-0.2, 0) is 38.3 Å². The molecule has 0 aromatic heterocycles. The van der Waals surface area contributed by atoms with Crippen LogP contribution in [0.25, 0.3) is 22.3 Å². The number of hydrogen-bond donors (Lipinski definition) is 3. The minimum absolute atomic E-state index is 0.152. The fourth-order valence-electron chi connectivity index (χ4n) is 6.36. The van der Waals surface area contributed by atoms with E-state index in [1.807, 2.05) is 81.4 Å². The van der Waals surface area contributed by atoms with Gasteiger partial charge in [-0.3, -0.25) is 9.59 Å². The van der Waals surface area contributed by atoms with Crippen LogP contribution in [0.5, 0.6) is 0 Å². The van der Waals surface area contributed by atoms with Gasteiger partial charge in [-0.1, -0.05) is 117 Å². The number of aliphatic carboxylic acids is 1. The molecule has 4 aromatic rings. The first-order valence-electron chi connectivity index (χ1n) is 17.8. The summed E-state index contributed by atoms with van der Waals surface area (Å²) in [5.74, 6) is -2.01. The summed E-state index contributed by atoms with van der Waals surface area (Å²) in [6, 6.07) is 34.0. The first-order chi connectivity index (χ1) is 24.3. The molecular formula is C43H52N2O6. The quantitative estimate of drug-likeness (QED) is 0.0951. The van der Waals surface area contributed by atoms with Crippen molar-refractivity contribution in [2.45, 2.75) is 84.4 Å². The maximum atomic E-state index is 13.2.